The molecule has 2 aliphatic rings. The Morgan fingerprint density at radius 1 is 0.889 bits per heavy atom. The van der Waals surface area contributed by atoms with Gasteiger partial charge in [0, 0.05) is 42.9 Å². The van der Waals surface area contributed by atoms with Crippen molar-refractivity contribution < 1.29 is 4.57 Å². The first-order valence-electron chi connectivity index (χ1n) is 10.2. The number of aromatic nitrogens is 1. The second-order valence-electron chi connectivity index (χ2n) is 8.15. The number of benzene rings is 2. The molecule has 5 rings (SSSR count). The summed E-state index contributed by atoms with van der Waals surface area (Å²) in [4.78, 5) is 2.15. The summed E-state index contributed by atoms with van der Waals surface area (Å²) in [5.41, 5.74) is 10.1. The van der Waals surface area contributed by atoms with E-state index in [4.69, 9.17) is 0 Å². The maximum Gasteiger partial charge on any atom is 0.216 e. The van der Waals surface area contributed by atoms with Crippen molar-refractivity contribution in [3.8, 4) is 0 Å². The summed E-state index contributed by atoms with van der Waals surface area (Å²) in [6.45, 7) is 1.16. The molecular formula is C25H27N2+. The van der Waals surface area contributed by atoms with E-state index in [-0.39, 0.29) is 0 Å². The molecule has 0 amide bonds. The van der Waals surface area contributed by atoms with Gasteiger partial charge in [0.05, 0.1) is 5.39 Å². The number of para-hydroxylation sites is 1. The molecule has 0 radical (unpaired) electrons. The summed E-state index contributed by atoms with van der Waals surface area (Å²) in [7, 11) is 4.18. The number of nitrogens with zero attached hydrogens (tertiary/aromatic N) is 2. The SMILES string of the molecule is CN(C)c1ccc(C=C2CCCc3c[n+]4c5c(cccc5c32)CCC4)cc1. The molecule has 2 heterocycles. The maximum absolute atomic E-state index is 2.52. The van der Waals surface area contributed by atoms with Crippen LogP contribution in [-0.2, 0) is 19.4 Å². The average molecular weight is 356 g/mol. The molecule has 0 spiro atoms. The van der Waals surface area contributed by atoms with Crippen LogP contribution in [0.5, 0.6) is 0 Å². The van der Waals surface area contributed by atoms with Crippen LogP contribution in [0.15, 0.2) is 48.7 Å². The van der Waals surface area contributed by atoms with Gasteiger partial charge < -0.3 is 4.90 Å². The van der Waals surface area contributed by atoms with Crippen molar-refractivity contribution in [2.75, 3.05) is 19.0 Å². The van der Waals surface area contributed by atoms with Gasteiger partial charge in [-0.25, -0.2) is 0 Å². The summed E-state index contributed by atoms with van der Waals surface area (Å²) in [6, 6.07) is 15.8. The quantitative estimate of drug-likeness (QED) is 0.586. The van der Waals surface area contributed by atoms with Crippen LogP contribution < -0.4 is 9.47 Å². The lowest BCUT2D eigenvalue weighted by molar-refractivity contribution is -0.674. The molecule has 0 unspecified atom stereocenters. The molecule has 0 N–H and O–H groups in total. The van der Waals surface area contributed by atoms with Gasteiger partial charge in [-0.3, -0.25) is 0 Å². The lowest BCUT2D eigenvalue weighted by Gasteiger charge is -2.22. The molecule has 2 heteroatoms. The normalized spacial score (nSPS) is 17.2. The highest BCUT2D eigenvalue weighted by molar-refractivity contribution is 5.97. The fourth-order valence-electron chi connectivity index (χ4n) is 4.82. The van der Waals surface area contributed by atoms with E-state index in [0.29, 0.717) is 0 Å². The fourth-order valence-corrected chi connectivity index (χ4v) is 4.82. The molecule has 0 fully saturated rings. The van der Waals surface area contributed by atoms with Gasteiger partial charge in [-0.05, 0) is 55.0 Å². The van der Waals surface area contributed by atoms with E-state index < -0.39 is 0 Å². The first-order valence-corrected chi connectivity index (χ1v) is 10.2. The largest absolute Gasteiger partial charge is 0.378 e. The summed E-state index contributed by atoms with van der Waals surface area (Å²) in [5.74, 6) is 0. The Bertz CT molecular complexity index is 1040. The van der Waals surface area contributed by atoms with E-state index in [1.165, 1.54) is 76.5 Å². The highest BCUT2D eigenvalue weighted by Crippen LogP contribution is 2.37. The molecule has 0 atom stereocenters. The van der Waals surface area contributed by atoms with Crippen LogP contribution in [-0.4, -0.2) is 14.1 Å². The summed E-state index contributed by atoms with van der Waals surface area (Å²) < 4.78 is 2.52. The second kappa shape index (κ2) is 6.53. The molecule has 2 aromatic carbocycles. The number of anilines is 1. The van der Waals surface area contributed by atoms with Gasteiger partial charge in [0.1, 0.15) is 6.54 Å². The monoisotopic (exact) mass is 355 g/mol. The third-order valence-corrected chi connectivity index (χ3v) is 6.12. The molecule has 3 aromatic rings. The average Bonchev–Trinajstić information content (AvgIpc) is 2.69. The van der Waals surface area contributed by atoms with Gasteiger partial charge in [-0.15, -0.1) is 0 Å². The van der Waals surface area contributed by atoms with E-state index in [2.05, 4.69) is 78.3 Å². The number of pyridine rings is 1. The third kappa shape index (κ3) is 2.84. The van der Waals surface area contributed by atoms with E-state index in [0.717, 1.165) is 6.54 Å². The van der Waals surface area contributed by atoms with Gasteiger partial charge in [0.2, 0.25) is 5.52 Å². The number of allylic oxidation sites excluding steroid dienone is 1. The molecule has 1 aliphatic carbocycles. The number of rotatable bonds is 2. The molecule has 2 nitrogen and oxygen atoms in total. The lowest BCUT2D eigenvalue weighted by atomic mass is 9.83. The highest BCUT2D eigenvalue weighted by atomic mass is 15.1. The Morgan fingerprint density at radius 2 is 1.70 bits per heavy atom. The van der Waals surface area contributed by atoms with Gasteiger partial charge >= 0.3 is 0 Å². The zero-order valence-corrected chi connectivity index (χ0v) is 16.3. The van der Waals surface area contributed by atoms with Crippen molar-refractivity contribution >= 4 is 28.2 Å². The topological polar surface area (TPSA) is 7.12 Å². The van der Waals surface area contributed by atoms with Crippen LogP contribution in [0, 0.1) is 0 Å². The van der Waals surface area contributed by atoms with Crippen LogP contribution in [0.1, 0.15) is 41.5 Å². The van der Waals surface area contributed by atoms with Gasteiger partial charge in [0.25, 0.3) is 0 Å². The Morgan fingerprint density at radius 3 is 2.52 bits per heavy atom. The van der Waals surface area contributed by atoms with Gasteiger partial charge in [-0.1, -0.05) is 30.3 Å². The number of hydrogen-bond donors (Lipinski definition) is 0. The smallest absolute Gasteiger partial charge is 0.216 e. The van der Waals surface area contributed by atoms with Gasteiger partial charge in [0.15, 0.2) is 6.20 Å². The van der Waals surface area contributed by atoms with E-state index in [1.807, 2.05) is 0 Å². The van der Waals surface area contributed by atoms with E-state index in [1.54, 1.807) is 0 Å². The Balaban J connectivity index is 1.67. The van der Waals surface area contributed by atoms with Crippen molar-refractivity contribution in [3.05, 3.63) is 70.9 Å². The third-order valence-electron chi connectivity index (χ3n) is 6.12. The molecule has 27 heavy (non-hydrogen) atoms. The van der Waals surface area contributed by atoms with Gasteiger partial charge in [-0.2, -0.15) is 4.57 Å². The predicted molar refractivity (Wildman–Crippen MR) is 114 cm³/mol. The zero-order valence-electron chi connectivity index (χ0n) is 16.3. The molecule has 0 bridgehead atoms. The van der Waals surface area contributed by atoms with Crippen molar-refractivity contribution in [1.29, 1.82) is 0 Å². The van der Waals surface area contributed by atoms with Crippen molar-refractivity contribution in [2.24, 2.45) is 0 Å². The minimum atomic E-state index is 1.16. The van der Waals surface area contributed by atoms with Crippen LogP contribution in [0.4, 0.5) is 5.69 Å². The molecule has 136 valence electrons. The predicted octanol–water partition coefficient (Wildman–Crippen LogP) is 5.02. The summed E-state index contributed by atoms with van der Waals surface area (Å²) in [5, 5.41) is 1.46. The number of fused-ring (bicyclic) bond motifs is 2. The molecule has 0 saturated carbocycles. The van der Waals surface area contributed by atoms with E-state index >= 15 is 0 Å². The first-order chi connectivity index (χ1) is 13.2. The maximum atomic E-state index is 2.52. The zero-order chi connectivity index (χ0) is 18.4. The van der Waals surface area contributed by atoms with Crippen LogP contribution in [0.3, 0.4) is 0 Å². The van der Waals surface area contributed by atoms with Crippen molar-refractivity contribution in [1.82, 2.24) is 0 Å². The minimum Gasteiger partial charge on any atom is -0.378 e. The Hall–Kier alpha value is -2.61. The van der Waals surface area contributed by atoms with Crippen LogP contribution in [0.25, 0.3) is 22.6 Å². The molecular weight excluding hydrogens is 328 g/mol. The second-order valence-corrected chi connectivity index (χ2v) is 8.15. The Labute approximate surface area is 161 Å². The molecule has 1 aliphatic heterocycles. The summed E-state index contributed by atoms with van der Waals surface area (Å²) >= 11 is 0. The van der Waals surface area contributed by atoms with Crippen LogP contribution >= 0.6 is 0 Å². The first kappa shape index (κ1) is 16.6. The standard InChI is InChI=1S/C25H27N2/c1-26(2)22-13-11-18(12-14-22)16-20-7-3-8-21-17-27-15-5-9-19-6-4-10-23(24(20)21)25(19)27/h4,6,10-14,16-17H,3,5,7-9,15H2,1-2H3/q+1. The Kier molecular flexibility index (Phi) is 4.00. The lowest BCUT2D eigenvalue weighted by Crippen LogP contribution is -2.39. The number of aryl methyl sites for hydroxylation is 3. The highest BCUT2D eigenvalue weighted by Gasteiger charge is 2.27. The molecule has 0 saturated heterocycles. The number of hydrogen-bond acceptors (Lipinski definition) is 1. The minimum absolute atomic E-state index is 1.16. The van der Waals surface area contributed by atoms with Crippen LogP contribution in [0.2, 0.25) is 0 Å². The van der Waals surface area contributed by atoms with Crippen molar-refractivity contribution in [3.63, 3.8) is 0 Å². The summed E-state index contributed by atoms with van der Waals surface area (Å²) in [6.07, 6.45) is 11.0. The van der Waals surface area contributed by atoms with E-state index in [9.17, 15) is 0 Å². The van der Waals surface area contributed by atoms with Crippen molar-refractivity contribution in [2.45, 2.75) is 38.6 Å². The fraction of sp³-hybridized carbons (Fsp3) is 0.320. The molecule has 1 aromatic heterocycles.